The van der Waals surface area contributed by atoms with Crippen molar-refractivity contribution in [1.82, 2.24) is 0 Å². The van der Waals surface area contributed by atoms with Gasteiger partial charge in [-0.2, -0.15) is 0 Å². The average Bonchev–Trinajstić information content (AvgIpc) is 2.32. The van der Waals surface area contributed by atoms with Gasteiger partial charge in [0.15, 0.2) is 0 Å². The minimum atomic E-state index is -1.01. The van der Waals surface area contributed by atoms with Crippen molar-refractivity contribution in [2.75, 3.05) is 0 Å². The third kappa shape index (κ3) is 3.25. The summed E-state index contributed by atoms with van der Waals surface area (Å²) in [4.78, 5) is 10.6. The van der Waals surface area contributed by atoms with Crippen LogP contribution in [0.1, 0.15) is 5.56 Å². The molecule has 0 saturated carbocycles. The summed E-state index contributed by atoms with van der Waals surface area (Å²) in [5, 5.41) is 9.50. The highest BCUT2D eigenvalue weighted by molar-refractivity contribution is 6.35. The zero-order chi connectivity index (χ0) is 14.0. The fourth-order valence-electron chi connectivity index (χ4n) is 1.77. The molecule has 2 rings (SSSR count). The quantitative estimate of drug-likeness (QED) is 0.910. The molecule has 0 spiro atoms. The molecule has 0 radical (unpaired) electrons. The number of rotatable bonds is 3. The molecule has 0 aliphatic heterocycles. The summed E-state index contributed by atoms with van der Waals surface area (Å²) in [6.07, 6.45) is -0.222. The van der Waals surface area contributed by atoms with Crippen LogP contribution in [0, 0.1) is 5.82 Å². The van der Waals surface area contributed by atoms with Gasteiger partial charge in [-0.25, -0.2) is 4.39 Å². The number of benzene rings is 2. The second kappa shape index (κ2) is 5.59. The van der Waals surface area contributed by atoms with E-state index in [2.05, 4.69) is 0 Å². The molecular formula is C14H9Cl2FO2. The molecule has 98 valence electrons. The Bertz CT molecular complexity index is 641. The van der Waals surface area contributed by atoms with Gasteiger partial charge in [0.05, 0.1) is 6.42 Å². The van der Waals surface area contributed by atoms with Crippen LogP contribution in [0.3, 0.4) is 0 Å². The zero-order valence-corrected chi connectivity index (χ0v) is 11.2. The Balaban J connectivity index is 2.46. The lowest BCUT2D eigenvalue weighted by Crippen LogP contribution is -2.00. The monoisotopic (exact) mass is 298 g/mol. The largest absolute Gasteiger partial charge is 0.481 e. The summed E-state index contributed by atoms with van der Waals surface area (Å²) in [5.74, 6) is -1.53. The highest BCUT2D eigenvalue weighted by Gasteiger charge is 2.11. The van der Waals surface area contributed by atoms with Gasteiger partial charge in [-0.15, -0.1) is 0 Å². The molecule has 0 fully saturated rings. The lowest BCUT2D eigenvalue weighted by Gasteiger charge is -2.08. The van der Waals surface area contributed by atoms with E-state index >= 15 is 0 Å². The van der Waals surface area contributed by atoms with E-state index in [1.54, 1.807) is 24.3 Å². The molecule has 2 aromatic carbocycles. The number of carboxylic acid groups (broad SMARTS) is 1. The van der Waals surface area contributed by atoms with Crippen molar-refractivity contribution in [3.8, 4) is 11.1 Å². The maximum Gasteiger partial charge on any atom is 0.307 e. The van der Waals surface area contributed by atoms with Crippen molar-refractivity contribution < 1.29 is 14.3 Å². The summed E-state index contributed by atoms with van der Waals surface area (Å²) in [6.45, 7) is 0. The molecule has 0 amide bonds. The van der Waals surface area contributed by atoms with Crippen LogP contribution < -0.4 is 0 Å². The van der Waals surface area contributed by atoms with Crippen LogP contribution in [0.4, 0.5) is 4.39 Å². The van der Waals surface area contributed by atoms with Gasteiger partial charge in [-0.05, 0) is 29.8 Å². The number of carbonyl (C=O) groups is 1. The third-order valence-electron chi connectivity index (χ3n) is 2.61. The molecular weight excluding hydrogens is 290 g/mol. The van der Waals surface area contributed by atoms with E-state index in [1.807, 2.05) is 0 Å². The Hall–Kier alpha value is -1.58. The molecule has 0 bridgehead atoms. The van der Waals surface area contributed by atoms with Gasteiger partial charge in [-0.3, -0.25) is 4.79 Å². The maximum absolute atomic E-state index is 14.0. The van der Waals surface area contributed by atoms with Gasteiger partial charge in [-0.1, -0.05) is 35.3 Å². The SMILES string of the molecule is O=C(O)Cc1ccc(-c2cc(Cl)ccc2Cl)c(F)c1. The second-order valence-electron chi connectivity index (χ2n) is 4.01. The summed E-state index contributed by atoms with van der Waals surface area (Å²) in [6, 6.07) is 9.03. The van der Waals surface area contributed by atoms with E-state index in [-0.39, 0.29) is 6.42 Å². The first kappa shape index (κ1) is 13.8. The molecule has 0 atom stereocenters. The van der Waals surface area contributed by atoms with Gasteiger partial charge < -0.3 is 5.11 Å². The number of hydrogen-bond acceptors (Lipinski definition) is 1. The summed E-state index contributed by atoms with van der Waals surface area (Å²) < 4.78 is 14.0. The smallest absolute Gasteiger partial charge is 0.307 e. The Kier molecular flexibility index (Phi) is 4.08. The molecule has 19 heavy (non-hydrogen) atoms. The van der Waals surface area contributed by atoms with Gasteiger partial charge >= 0.3 is 5.97 Å². The Labute approximate surface area is 119 Å². The summed E-state index contributed by atoms with van der Waals surface area (Å²) >= 11 is 11.9. The number of hydrogen-bond donors (Lipinski definition) is 1. The molecule has 0 aliphatic carbocycles. The number of carboxylic acids is 1. The van der Waals surface area contributed by atoms with Crippen LogP contribution in [-0.2, 0) is 11.2 Å². The normalized spacial score (nSPS) is 10.5. The molecule has 0 unspecified atom stereocenters. The van der Waals surface area contributed by atoms with Crippen molar-refractivity contribution in [3.05, 3.63) is 57.8 Å². The van der Waals surface area contributed by atoms with E-state index in [0.29, 0.717) is 26.7 Å². The van der Waals surface area contributed by atoms with E-state index in [9.17, 15) is 9.18 Å². The molecule has 5 heteroatoms. The first-order valence-corrected chi connectivity index (χ1v) is 6.18. The van der Waals surface area contributed by atoms with Crippen LogP contribution in [0.5, 0.6) is 0 Å². The topological polar surface area (TPSA) is 37.3 Å². The summed E-state index contributed by atoms with van der Waals surface area (Å²) in [5.41, 5.74) is 1.17. The molecule has 0 saturated heterocycles. The number of halogens is 3. The van der Waals surface area contributed by atoms with Crippen molar-refractivity contribution in [3.63, 3.8) is 0 Å². The van der Waals surface area contributed by atoms with E-state index in [1.165, 1.54) is 12.1 Å². The Morgan fingerprint density at radius 2 is 1.84 bits per heavy atom. The second-order valence-corrected chi connectivity index (χ2v) is 4.85. The van der Waals surface area contributed by atoms with E-state index in [0.717, 1.165) is 0 Å². The highest BCUT2D eigenvalue weighted by Crippen LogP contribution is 2.32. The first-order valence-electron chi connectivity index (χ1n) is 5.43. The van der Waals surface area contributed by atoms with Crippen molar-refractivity contribution in [2.45, 2.75) is 6.42 Å². The van der Waals surface area contributed by atoms with Crippen molar-refractivity contribution >= 4 is 29.2 Å². The van der Waals surface area contributed by atoms with E-state index in [4.69, 9.17) is 28.3 Å². The van der Waals surface area contributed by atoms with Crippen LogP contribution in [0.15, 0.2) is 36.4 Å². The van der Waals surface area contributed by atoms with Crippen LogP contribution in [0.2, 0.25) is 10.0 Å². The first-order chi connectivity index (χ1) is 8.97. The van der Waals surface area contributed by atoms with Crippen LogP contribution in [0.25, 0.3) is 11.1 Å². The van der Waals surface area contributed by atoms with Crippen molar-refractivity contribution in [2.24, 2.45) is 0 Å². The minimum absolute atomic E-state index is 0.222. The standard InChI is InChI=1S/C14H9Cl2FO2/c15-9-2-4-12(16)11(7-9)10-3-1-8(5-13(10)17)6-14(18)19/h1-5,7H,6H2,(H,18,19). The lowest BCUT2D eigenvalue weighted by molar-refractivity contribution is -0.136. The lowest BCUT2D eigenvalue weighted by atomic mass is 10.0. The van der Waals surface area contributed by atoms with Crippen LogP contribution in [-0.4, -0.2) is 11.1 Å². The minimum Gasteiger partial charge on any atom is -0.481 e. The molecule has 0 heterocycles. The van der Waals surface area contributed by atoms with Gasteiger partial charge in [0.25, 0.3) is 0 Å². The predicted molar refractivity (Wildman–Crippen MR) is 73.2 cm³/mol. The van der Waals surface area contributed by atoms with E-state index < -0.39 is 11.8 Å². The Morgan fingerprint density at radius 1 is 1.11 bits per heavy atom. The Morgan fingerprint density at radius 3 is 2.47 bits per heavy atom. The molecule has 2 aromatic rings. The third-order valence-corrected chi connectivity index (χ3v) is 3.17. The molecule has 0 aromatic heterocycles. The maximum atomic E-state index is 14.0. The molecule has 0 aliphatic rings. The van der Waals surface area contributed by atoms with Gasteiger partial charge in [0.1, 0.15) is 5.82 Å². The summed E-state index contributed by atoms with van der Waals surface area (Å²) in [7, 11) is 0. The van der Waals surface area contributed by atoms with Gasteiger partial charge in [0, 0.05) is 21.2 Å². The highest BCUT2D eigenvalue weighted by atomic mass is 35.5. The molecule has 2 nitrogen and oxygen atoms in total. The number of aliphatic carboxylic acids is 1. The predicted octanol–water partition coefficient (Wildman–Crippen LogP) is 4.43. The average molecular weight is 299 g/mol. The van der Waals surface area contributed by atoms with Crippen molar-refractivity contribution in [1.29, 1.82) is 0 Å². The fraction of sp³-hybridized carbons (Fsp3) is 0.0714. The zero-order valence-electron chi connectivity index (χ0n) is 9.66. The van der Waals surface area contributed by atoms with Gasteiger partial charge in [0.2, 0.25) is 0 Å². The fourth-order valence-corrected chi connectivity index (χ4v) is 2.16. The van der Waals surface area contributed by atoms with Crippen LogP contribution >= 0.6 is 23.2 Å². The molecule has 1 N–H and O–H groups in total.